The van der Waals surface area contributed by atoms with Crippen molar-refractivity contribution in [1.82, 2.24) is 9.47 Å². The van der Waals surface area contributed by atoms with Gasteiger partial charge in [-0.2, -0.15) is 0 Å². The van der Waals surface area contributed by atoms with E-state index in [9.17, 15) is 4.79 Å². The third kappa shape index (κ3) is 2.29. The maximum Gasteiger partial charge on any atom is 0.250 e. The summed E-state index contributed by atoms with van der Waals surface area (Å²) in [5.74, 6) is 0.742. The minimum Gasteiger partial charge on any atom is -0.316 e. The van der Waals surface area contributed by atoms with Gasteiger partial charge in [-0.05, 0) is 37.9 Å². The van der Waals surface area contributed by atoms with E-state index in [4.69, 9.17) is 0 Å². The van der Waals surface area contributed by atoms with Crippen LogP contribution in [0, 0.1) is 5.92 Å². The standard InChI is InChI=1S/C12H18N2O/c1-3-14-5-4-10(7-12(14)15)6-11-8-13(2)9-11/h4-5,7,11H,3,6,8-9H2,1-2H3. The average molecular weight is 206 g/mol. The average Bonchev–Trinajstić information content (AvgIpc) is 2.16. The van der Waals surface area contributed by atoms with Crippen LogP contribution in [0.2, 0.25) is 0 Å². The molecule has 15 heavy (non-hydrogen) atoms. The normalized spacial score (nSPS) is 17.7. The Kier molecular flexibility index (Phi) is 2.91. The molecule has 0 N–H and O–H groups in total. The minimum atomic E-state index is 0.127. The van der Waals surface area contributed by atoms with E-state index in [1.807, 2.05) is 13.1 Å². The highest BCUT2D eigenvalue weighted by molar-refractivity contribution is 5.12. The molecule has 0 spiro atoms. The summed E-state index contributed by atoms with van der Waals surface area (Å²) < 4.78 is 1.73. The molecule has 1 aromatic rings. The molecule has 1 aromatic heterocycles. The number of aryl methyl sites for hydroxylation is 1. The summed E-state index contributed by atoms with van der Waals surface area (Å²) in [6.07, 6.45) is 2.95. The van der Waals surface area contributed by atoms with Crippen LogP contribution >= 0.6 is 0 Å². The van der Waals surface area contributed by atoms with E-state index in [-0.39, 0.29) is 5.56 Å². The van der Waals surface area contributed by atoms with Gasteiger partial charge in [-0.25, -0.2) is 0 Å². The predicted octanol–water partition coefficient (Wildman–Crippen LogP) is 0.972. The molecule has 0 aliphatic carbocycles. The Morgan fingerprint density at radius 3 is 2.73 bits per heavy atom. The monoisotopic (exact) mass is 206 g/mol. The van der Waals surface area contributed by atoms with E-state index in [0.29, 0.717) is 0 Å². The lowest BCUT2D eigenvalue weighted by atomic mass is 9.93. The second kappa shape index (κ2) is 4.19. The second-order valence-corrected chi connectivity index (χ2v) is 4.45. The van der Waals surface area contributed by atoms with Crippen LogP contribution in [0.25, 0.3) is 0 Å². The molecule has 2 heterocycles. The number of hydrogen-bond acceptors (Lipinski definition) is 2. The van der Waals surface area contributed by atoms with Crippen LogP contribution in [0.15, 0.2) is 23.1 Å². The third-order valence-corrected chi connectivity index (χ3v) is 3.07. The molecule has 1 aliphatic rings. The van der Waals surface area contributed by atoms with Crippen molar-refractivity contribution >= 4 is 0 Å². The fourth-order valence-electron chi connectivity index (χ4n) is 2.23. The van der Waals surface area contributed by atoms with Crippen LogP contribution in [0.1, 0.15) is 12.5 Å². The van der Waals surface area contributed by atoms with Crippen molar-refractivity contribution in [3.05, 3.63) is 34.2 Å². The van der Waals surface area contributed by atoms with Gasteiger partial charge in [0.25, 0.3) is 5.56 Å². The van der Waals surface area contributed by atoms with Crippen molar-refractivity contribution in [2.75, 3.05) is 20.1 Å². The molecule has 1 saturated heterocycles. The molecule has 1 aliphatic heterocycles. The molecule has 0 radical (unpaired) electrons. The highest BCUT2D eigenvalue weighted by atomic mass is 16.1. The SMILES string of the molecule is CCn1ccc(CC2CN(C)C2)cc1=O. The van der Waals surface area contributed by atoms with Crippen LogP contribution in [0.5, 0.6) is 0 Å². The first-order valence-corrected chi connectivity index (χ1v) is 5.57. The summed E-state index contributed by atoms with van der Waals surface area (Å²) in [6.45, 7) is 5.07. The molecule has 3 nitrogen and oxygen atoms in total. The molecule has 2 rings (SSSR count). The smallest absolute Gasteiger partial charge is 0.250 e. The van der Waals surface area contributed by atoms with Crippen molar-refractivity contribution < 1.29 is 0 Å². The number of likely N-dealkylation sites (tertiary alicyclic amines) is 1. The van der Waals surface area contributed by atoms with Gasteiger partial charge in [0.15, 0.2) is 0 Å². The van der Waals surface area contributed by atoms with Gasteiger partial charge in [0.1, 0.15) is 0 Å². The van der Waals surface area contributed by atoms with E-state index < -0.39 is 0 Å². The van der Waals surface area contributed by atoms with Crippen molar-refractivity contribution in [3.63, 3.8) is 0 Å². The summed E-state index contributed by atoms with van der Waals surface area (Å²) in [6, 6.07) is 3.85. The highest BCUT2D eigenvalue weighted by Gasteiger charge is 2.23. The fourth-order valence-corrected chi connectivity index (χ4v) is 2.23. The summed E-state index contributed by atoms with van der Waals surface area (Å²) in [5, 5.41) is 0. The van der Waals surface area contributed by atoms with Crippen molar-refractivity contribution in [1.29, 1.82) is 0 Å². The van der Waals surface area contributed by atoms with Crippen LogP contribution in [0.4, 0.5) is 0 Å². The first-order chi connectivity index (χ1) is 7.19. The molecule has 0 aromatic carbocycles. The lowest BCUT2D eigenvalue weighted by molar-refractivity contribution is 0.134. The summed E-state index contributed by atoms with van der Waals surface area (Å²) in [7, 11) is 2.13. The highest BCUT2D eigenvalue weighted by Crippen LogP contribution is 2.17. The molecule has 0 unspecified atom stereocenters. The van der Waals surface area contributed by atoms with E-state index in [1.165, 1.54) is 5.56 Å². The first-order valence-electron chi connectivity index (χ1n) is 5.57. The Labute approximate surface area is 90.3 Å². The van der Waals surface area contributed by atoms with Crippen molar-refractivity contribution in [3.8, 4) is 0 Å². The number of pyridine rings is 1. The molecule has 0 bridgehead atoms. The zero-order chi connectivity index (χ0) is 10.8. The molecule has 3 heteroatoms. The fraction of sp³-hybridized carbons (Fsp3) is 0.583. The van der Waals surface area contributed by atoms with Gasteiger partial charge in [0.2, 0.25) is 0 Å². The summed E-state index contributed by atoms with van der Waals surface area (Å²) >= 11 is 0. The van der Waals surface area contributed by atoms with Gasteiger partial charge in [-0.1, -0.05) is 0 Å². The van der Waals surface area contributed by atoms with Gasteiger partial charge >= 0.3 is 0 Å². The Bertz CT molecular complexity index is 391. The quantitative estimate of drug-likeness (QED) is 0.736. The minimum absolute atomic E-state index is 0.127. The van der Waals surface area contributed by atoms with Crippen LogP contribution in [0.3, 0.4) is 0 Å². The lowest BCUT2D eigenvalue weighted by Gasteiger charge is -2.36. The van der Waals surface area contributed by atoms with Crippen molar-refractivity contribution in [2.45, 2.75) is 19.9 Å². The molecular weight excluding hydrogens is 188 g/mol. The predicted molar refractivity (Wildman–Crippen MR) is 61.1 cm³/mol. The first kappa shape index (κ1) is 10.4. The number of hydrogen-bond donors (Lipinski definition) is 0. The zero-order valence-electron chi connectivity index (χ0n) is 9.44. The zero-order valence-corrected chi connectivity index (χ0v) is 9.44. The van der Waals surface area contributed by atoms with Crippen LogP contribution in [-0.4, -0.2) is 29.6 Å². The number of aromatic nitrogens is 1. The Morgan fingerprint density at radius 1 is 1.47 bits per heavy atom. The number of nitrogens with zero attached hydrogens (tertiary/aromatic N) is 2. The third-order valence-electron chi connectivity index (χ3n) is 3.07. The van der Waals surface area contributed by atoms with Crippen LogP contribution in [-0.2, 0) is 13.0 Å². The Hall–Kier alpha value is -1.09. The van der Waals surface area contributed by atoms with E-state index in [0.717, 1.165) is 32.0 Å². The topological polar surface area (TPSA) is 25.2 Å². The van der Waals surface area contributed by atoms with Gasteiger partial charge in [-0.3, -0.25) is 4.79 Å². The Morgan fingerprint density at radius 2 is 2.20 bits per heavy atom. The van der Waals surface area contributed by atoms with Crippen LogP contribution < -0.4 is 5.56 Å². The number of rotatable bonds is 3. The Balaban J connectivity index is 2.03. The molecular formula is C12H18N2O. The molecule has 0 atom stereocenters. The second-order valence-electron chi connectivity index (χ2n) is 4.45. The maximum atomic E-state index is 11.6. The molecule has 1 fully saturated rings. The van der Waals surface area contributed by atoms with E-state index >= 15 is 0 Å². The van der Waals surface area contributed by atoms with Gasteiger partial charge < -0.3 is 9.47 Å². The van der Waals surface area contributed by atoms with Gasteiger partial charge in [0, 0.05) is 31.9 Å². The lowest BCUT2D eigenvalue weighted by Crippen LogP contribution is -2.44. The summed E-state index contributed by atoms with van der Waals surface area (Å²) in [4.78, 5) is 13.9. The van der Waals surface area contributed by atoms with Gasteiger partial charge in [0.05, 0.1) is 0 Å². The van der Waals surface area contributed by atoms with Crippen molar-refractivity contribution in [2.24, 2.45) is 5.92 Å². The molecule has 0 saturated carbocycles. The molecule has 82 valence electrons. The summed E-state index contributed by atoms with van der Waals surface area (Å²) in [5.41, 5.74) is 1.31. The van der Waals surface area contributed by atoms with E-state index in [1.54, 1.807) is 10.6 Å². The maximum absolute atomic E-state index is 11.6. The van der Waals surface area contributed by atoms with E-state index in [2.05, 4.69) is 18.0 Å². The molecule has 0 amide bonds. The largest absolute Gasteiger partial charge is 0.316 e. The van der Waals surface area contributed by atoms with Gasteiger partial charge in [-0.15, -0.1) is 0 Å².